The minimum absolute atomic E-state index is 0.110. The topological polar surface area (TPSA) is 64.1 Å². The molecule has 26 heavy (non-hydrogen) atoms. The van der Waals surface area contributed by atoms with E-state index in [2.05, 4.69) is 15.3 Å². The van der Waals surface area contributed by atoms with Gasteiger partial charge in [0.15, 0.2) is 5.82 Å². The molecule has 1 aromatic heterocycles. The first kappa shape index (κ1) is 16.2. The van der Waals surface area contributed by atoms with Crippen molar-refractivity contribution >= 4 is 5.91 Å². The van der Waals surface area contributed by atoms with Crippen LogP contribution in [0.4, 0.5) is 4.39 Å². The molecular weight excluding hydrogens is 333 g/mol. The Morgan fingerprint density at radius 1 is 1.12 bits per heavy atom. The van der Waals surface area contributed by atoms with E-state index in [1.165, 1.54) is 12.1 Å². The summed E-state index contributed by atoms with van der Waals surface area (Å²) >= 11 is 0. The molecule has 6 heteroatoms. The number of ether oxygens (including phenoxy) is 1. The SMILES string of the molecule is O=C(NC1CC1)c1cccc(Oc2ccnc(-c3cccc(F)c3)n2)c1. The molecule has 130 valence electrons. The Kier molecular flexibility index (Phi) is 4.31. The highest BCUT2D eigenvalue weighted by Gasteiger charge is 2.23. The molecule has 2 aromatic carbocycles. The van der Waals surface area contributed by atoms with Crippen LogP contribution in [0.25, 0.3) is 11.4 Å². The quantitative estimate of drug-likeness (QED) is 0.757. The third-order valence-corrected chi connectivity index (χ3v) is 3.94. The van der Waals surface area contributed by atoms with Gasteiger partial charge in [-0.15, -0.1) is 0 Å². The van der Waals surface area contributed by atoms with E-state index in [0.717, 1.165) is 12.8 Å². The molecular formula is C20H16FN3O2. The maximum absolute atomic E-state index is 13.4. The largest absolute Gasteiger partial charge is 0.439 e. The smallest absolute Gasteiger partial charge is 0.251 e. The summed E-state index contributed by atoms with van der Waals surface area (Å²) in [6, 6.07) is 14.9. The van der Waals surface area contributed by atoms with Crippen molar-refractivity contribution in [2.45, 2.75) is 18.9 Å². The first-order chi connectivity index (χ1) is 12.7. The highest BCUT2D eigenvalue weighted by Crippen LogP contribution is 2.24. The molecule has 0 saturated heterocycles. The second kappa shape index (κ2) is 6.92. The fourth-order valence-corrected chi connectivity index (χ4v) is 2.48. The number of amides is 1. The molecule has 1 amide bonds. The second-order valence-corrected chi connectivity index (χ2v) is 6.11. The van der Waals surface area contributed by atoms with Crippen LogP contribution in [0.5, 0.6) is 11.6 Å². The van der Waals surface area contributed by atoms with Gasteiger partial charge in [-0.25, -0.2) is 9.37 Å². The number of aromatic nitrogens is 2. The Hall–Kier alpha value is -3.28. The molecule has 1 N–H and O–H groups in total. The first-order valence-electron chi connectivity index (χ1n) is 8.35. The van der Waals surface area contributed by atoms with Crippen LogP contribution in [-0.2, 0) is 0 Å². The van der Waals surface area contributed by atoms with E-state index in [1.54, 1.807) is 48.7 Å². The van der Waals surface area contributed by atoms with Gasteiger partial charge in [0.2, 0.25) is 5.88 Å². The Bertz CT molecular complexity index is 957. The fraction of sp³-hybridized carbons (Fsp3) is 0.150. The van der Waals surface area contributed by atoms with Crippen molar-refractivity contribution in [3.05, 3.63) is 72.2 Å². The summed E-state index contributed by atoms with van der Waals surface area (Å²) in [5.41, 5.74) is 1.10. The molecule has 0 bridgehead atoms. The normalized spacial score (nSPS) is 13.3. The van der Waals surface area contributed by atoms with Gasteiger partial charge in [0.05, 0.1) is 0 Å². The molecule has 3 aromatic rings. The van der Waals surface area contributed by atoms with Gasteiger partial charge in [0.25, 0.3) is 5.91 Å². The van der Waals surface area contributed by atoms with E-state index in [1.807, 2.05) is 0 Å². The number of hydrogen-bond donors (Lipinski definition) is 1. The van der Waals surface area contributed by atoms with Crippen LogP contribution in [0.3, 0.4) is 0 Å². The average Bonchev–Trinajstić information content (AvgIpc) is 3.46. The fourth-order valence-electron chi connectivity index (χ4n) is 2.48. The highest BCUT2D eigenvalue weighted by molar-refractivity contribution is 5.94. The maximum Gasteiger partial charge on any atom is 0.251 e. The number of benzene rings is 2. The van der Waals surface area contributed by atoms with Gasteiger partial charge in [-0.2, -0.15) is 4.98 Å². The van der Waals surface area contributed by atoms with Gasteiger partial charge in [-0.05, 0) is 43.2 Å². The van der Waals surface area contributed by atoms with Crippen LogP contribution in [0.2, 0.25) is 0 Å². The molecule has 0 atom stereocenters. The number of hydrogen-bond acceptors (Lipinski definition) is 4. The monoisotopic (exact) mass is 349 g/mol. The van der Waals surface area contributed by atoms with Crippen molar-refractivity contribution in [3.63, 3.8) is 0 Å². The van der Waals surface area contributed by atoms with Gasteiger partial charge >= 0.3 is 0 Å². The predicted molar refractivity (Wildman–Crippen MR) is 94.4 cm³/mol. The molecule has 0 unspecified atom stereocenters. The molecule has 1 fully saturated rings. The van der Waals surface area contributed by atoms with E-state index < -0.39 is 0 Å². The first-order valence-corrected chi connectivity index (χ1v) is 8.35. The molecule has 0 aliphatic heterocycles. The molecule has 0 spiro atoms. The Morgan fingerprint density at radius 3 is 2.77 bits per heavy atom. The van der Waals surface area contributed by atoms with Crippen LogP contribution in [-0.4, -0.2) is 21.9 Å². The van der Waals surface area contributed by atoms with Crippen LogP contribution in [0.15, 0.2) is 60.8 Å². The van der Waals surface area contributed by atoms with Crippen LogP contribution < -0.4 is 10.1 Å². The molecule has 0 radical (unpaired) electrons. The van der Waals surface area contributed by atoms with Crippen molar-refractivity contribution in [2.24, 2.45) is 0 Å². The minimum atomic E-state index is -0.355. The van der Waals surface area contributed by atoms with Crippen LogP contribution >= 0.6 is 0 Å². The van der Waals surface area contributed by atoms with E-state index in [-0.39, 0.29) is 11.7 Å². The molecule has 4 rings (SSSR count). The summed E-state index contributed by atoms with van der Waals surface area (Å²) in [6.45, 7) is 0. The van der Waals surface area contributed by atoms with Crippen molar-refractivity contribution in [3.8, 4) is 23.0 Å². The maximum atomic E-state index is 13.4. The Balaban J connectivity index is 1.54. The molecule has 5 nitrogen and oxygen atoms in total. The number of nitrogens with one attached hydrogen (secondary N) is 1. The molecule has 1 saturated carbocycles. The Labute approximate surface area is 149 Å². The zero-order valence-corrected chi connectivity index (χ0v) is 13.9. The standard InChI is InChI=1S/C20H16FN3O2/c21-15-5-1-3-13(11-15)19-22-10-9-18(24-19)26-17-6-2-4-14(12-17)20(25)23-16-7-8-16/h1-6,9-12,16H,7-8H2,(H,23,25). The van der Waals surface area contributed by atoms with E-state index in [4.69, 9.17) is 4.74 Å². The van der Waals surface area contributed by atoms with Crippen molar-refractivity contribution < 1.29 is 13.9 Å². The molecule has 1 aliphatic carbocycles. The van der Waals surface area contributed by atoms with Gasteiger partial charge in [0, 0.05) is 29.4 Å². The van der Waals surface area contributed by atoms with Gasteiger partial charge in [0.1, 0.15) is 11.6 Å². The third kappa shape index (κ3) is 3.85. The zero-order valence-electron chi connectivity index (χ0n) is 13.9. The lowest BCUT2D eigenvalue weighted by Crippen LogP contribution is -2.25. The lowest BCUT2D eigenvalue weighted by molar-refractivity contribution is 0.0950. The summed E-state index contributed by atoms with van der Waals surface area (Å²) in [7, 11) is 0. The number of carbonyl (C=O) groups excluding carboxylic acids is 1. The van der Waals surface area contributed by atoms with Gasteiger partial charge in [-0.1, -0.05) is 18.2 Å². The average molecular weight is 349 g/mol. The Morgan fingerprint density at radius 2 is 1.96 bits per heavy atom. The predicted octanol–water partition coefficient (Wildman–Crippen LogP) is 3.97. The number of halogens is 1. The summed E-state index contributed by atoms with van der Waals surface area (Å²) < 4.78 is 19.1. The van der Waals surface area contributed by atoms with Crippen LogP contribution in [0.1, 0.15) is 23.2 Å². The highest BCUT2D eigenvalue weighted by atomic mass is 19.1. The van der Waals surface area contributed by atoms with Crippen molar-refractivity contribution in [1.29, 1.82) is 0 Å². The van der Waals surface area contributed by atoms with Gasteiger partial charge < -0.3 is 10.1 Å². The lowest BCUT2D eigenvalue weighted by Gasteiger charge is -2.08. The van der Waals surface area contributed by atoms with E-state index >= 15 is 0 Å². The lowest BCUT2D eigenvalue weighted by atomic mass is 10.2. The summed E-state index contributed by atoms with van der Waals surface area (Å²) in [5, 5.41) is 2.94. The second-order valence-electron chi connectivity index (χ2n) is 6.11. The summed E-state index contributed by atoms with van der Waals surface area (Å²) in [6.07, 6.45) is 3.61. The summed E-state index contributed by atoms with van der Waals surface area (Å²) in [5.74, 6) is 0.717. The van der Waals surface area contributed by atoms with Crippen LogP contribution in [0, 0.1) is 5.82 Å². The van der Waals surface area contributed by atoms with Gasteiger partial charge in [-0.3, -0.25) is 4.79 Å². The summed E-state index contributed by atoms with van der Waals surface area (Å²) in [4.78, 5) is 20.6. The number of rotatable bonds is 5. The third-order valence-electron chi connectivity index (χ3n) is 3.94. The minimum Gasteiger partial charge on any atom is -0.439 e. The number of carbonyl (C=O) groups is 1. The van der Waals surface area contributed by atoms with Crippen molar-refractivity contribution in [2.75, 3.05) is 0 Å². The zero-order chi connectivity index (χ0) is 17.9. The molecule has 1 aliphatic rings. The van der Waals surface area contributed by atoms with Crippen molar-refractivity contribution in [1.82, 2.24) is 15.3 Å². The van der Waals surface area contributed by atoms with E-state index in [9.17, 15) is 9.18 Å². The number of nitrogens with zero attached hydrogens (tertiary/aromatic N) is 2. The molecule has 1 heterocycles. The van der Waals surface area contributed by atoms with E-state index in [0.29, 0.717) is 34.6 Å².